The Hall–Kier alpha value is -0.710. The molecule has 0 spiro atoms. The predicted octanol–water partition coefficient (Wildman–Crippen LogP) is 3.76. The average Bonchev–Trinajstić information content (AvgIpc) is 2.67. The molecule has 0 aliphatic carbocycles. The van der Waals surface area contributed by atoms with Crippen molar-refractivity contribution >= 4 is 27.3 Å². The number of rotatable bonds is 4. The van der Waals surface area contributed by atoms with Gasteiger partial charge in [-0.25, -0.2) is 4.39 Å². The molecule has 0 aliphatic heterocycles. The highest BCUT2D eigenvalue weighted by atomic mass is 79.9. The molecule has 0 aliphatic rings. The molecule has 2 rings (SSSR count). The van der Waals surface area contributed by atoms with E-state index < -0.39 is 0 Å². The SMILES string of the molecule is NC(Cc1cc(Br)cs1)Cc1ccccc1F. The second-order valence-electron chi connectivity index (χ2n) is 3.99. The highest BCUT2D eigenvalue weighted by molar-refractivity contribution is 9.10. The van der Waals surface area contributed by atoms with E-state index in [-0.39, 0.29) is 11.9 Å². The van der Waals surface area contributed by atoms with Crippen LogP contribution in [0.2, 0.25) is 0 Å². The van der Waals surface area contributed by atoms with Crippen LogP contribution in [0, 0.1) is 5.82 Å². The van der Waals surface area contributed by atoms with Crippen molar-refractivity contribution in [1.82, 2.24) is 0 Å². The van der Waals surface area contributed by atoms with E-state index in [1.807, 2.05) is 11.4 Å². The highest BCUT2D eigenvalue weighted by Crippen LogP contribution is 2.21. The molecule has 0 saturated carbocycles. The molecule has 90 valence electrons. The standard InChI is InChI=1S/C13H13BrFNS/c14-10-6-12(17-8-10)7-11(16)5-9-3-1-2-4-13(9)15/h1-4,6,8,11H,5,7,16H2. The van der Waals surface area contributed by atoms with Crippen LogP contribution < -0.4 is 5.73 Å². The molecule has 1 unspecified atom stereocenters. The molecular weight excluding hydrogens is 301 g/mol. The summed E-state index contributed by atoms with van der Waals surface area (Å²) in [5, 5.41) is 2.03. The molecular formula is C13H13BrFNS. The summed E-state index contributed by atoms with van der Waals surface area (Å²) in [5.74, 6) is -0.171. The van der Waals surface area contributed by atoms with Gasteiger partial charge in [0.1, 0.15) is 5.82 Å². The zero-order valence-corrected chi connectivity index (χ0v) is 11.6. The summed E-state index contributed by atoms with van der Waals surface area (Å²) in [6.07, 6.45) is 1.35. The largest absolute Gasteiger partial charge is 0.327 e. The third kappa shape index (κ3) is 3.63. The zero-order valence-electron chi connectivity index (χ0n) is 9.20. The van der Waals surface area contributed by atoms with Crippen LogP contribution >= 0.6 is 27.3 Å². The van der Waals surface area contributed by atoms with E-state index in [9.17, 15) is 4.39 Å². The highest BCUT2D eigenvalue weighted by Gasteiger charge is 2.09. The summed E-state index contributed by atoms with van der Waals surface area (Å²) in [5.41, 5.74) is 6.73. The molecule has 17 heavy (non-hydrogen) atoms. The summed E-state index contributed by atoms with van der Waals surface area (Å²) in [4.78, 5) is 1.22. The lowest BCUT2D eigenvalue weighted by molar-refractivity contribution is 0.585. The van der Waals surface area contributed by atoms with Gasteiger partial charge in [-0.15, -0.1) is 11.3 Å². The zero-order chi connectivity index (χ0) is 12.3. The first-order chi connectivity index (χ1) is 8.15. The first kappa shape index (κ1) is 12.7. The van der Waals surface area contributed by atoms with Crippen LogP contribution in [0.4, 0.5) is 4.39 Å². The molecule has 0 saturated heterocycles. The van der Waals surface area contributed by atoms with Crippen LogP contribution in [-0.2, 0) is 12.8 Å². The normalized spacial score (nSPS) is 12.6. The summed E-state index contributed by atoms with van der Waals surface area (Å²) in [6.45, 7) is 0. The molecule has 0 fully saturated rings. The number of benzene rings is 1. The van der Waals surface area contributed by atoms with Crippen molar-refractivity contribution in [3.05, 3.63) is 56.4 Å². The smallest absolute Gasteiger partial charge is 0.126 e. The monoisotopic (exact) mass is 313 g/mol. The molecule has 1 aromatic heterocycles. The lowest BCUT2D eigenvalue weighted by atomic mass is 10.0. The fraction of sp³-hybridized carbons (Fsp3) is 0.231. The van der Waals surface area contributed by atoms with E-state index in [0.717, 1.165) is 10.9 Å². The number of nitrogens with two attached hydrogens (primary N) is 1. The lowest BCUT2D eigenvalue weighted by Crippen LogP contribution is -2.25. The first-order valence-electron chi connectivity index (χ1n) is 5.37. The van der Waals surface area contributed by atoms with E-state index in [2.05, 4.69) is 22.0 Å². The number of halogens is 2. The van der Waals surface area contributed by atoms with Gasteiger partial charge in [0.15, 0.2) is 0 Å². The van der Waals surface area contributed by atoms with E-state index >= 15 is 0 Å². The van der Waals surface area contributed by atoms with Gasteiger partial charge in [0.2, 0.25) is 0 Å². The lowest BCUT2D eigenvalue weighted by Gasteiger charge is -2.10. The van der Waals surface area contributed by atoms with E-state index in [4.69, 9.17) is 5.73 Å². The minimum atomic E-state index is -0.171. The van der Waals surface area contributed by atoms with E-state index in [1.54, 1.807) is 23.5 Å². The molecule has 1 aromatic carbocycles. The molecule has 0 amide bonds. The minimum absolute atomic E-state index is 0.0440. The molecule has 1 atom stereocenters. The molecule has 4 heteroatoms. The van der Waals surface area contributed by atoms with Crippen molar-refractivity contribution < 1.29 is 4.39 Å². The fourth-order valence-electron chi connectivity index (χ4n) is 1.74. The number of hydrogen-bond donors (Lipinski definition) is 1. The van der Waals surface area contributed by atoms with Crippen molar-refractivity contribution in [1.29, 1.82) is 0 Å². The average molecular weight is 314 g/mol. The Morgan fingerprint density at radius 1 is 1.29 bits per heavy atom. The first-order valence-corrected chi connectivity index (χ1v) is 7.04. The Kier molecular flexibility index (Phi) is 4.31. The summed E-state index contributed by atoms with van der Waals surface area (Å²) in [7, 11) is 0. The Bertz CT molecular complexity index is 498. The summed E-state index contributed by atoms with van der Waals surface area (Å²) >= 11 is 5.08. The maximum absolute atomic E-state index is 13.4. The van der Waals surface area contributed by atoms with Crippen molar-refractivity contribution in [3.8, 4) is 0 Å². The Morgan fingerprint density at radius 3 is 2.71 bits per heavy atom. The van der Waals surface area contributed by atoms with Crippen molar-refractivity contribution in [2.75, 3.05) is 0 Å². The van der Waals surface area contributed by atoms with Gasteiger partial charge in [-0.2, -0.15) is 0 Å². The van der Waals surface area contributed by atoms with Crippen LogP contribution in [0.25, 0.3) is 0 Å². The van der Waals surface area contributed by atoms with Gasteiger partial charge in [-0.1, -0.05) is 18.2 Å². The Labute approximate surface area is 113 Å². The third-order valence-corrected chi connectivity index (χ3v) is 4.25. The van der Waals surface area contributed by atoms with Gasteiger partial charge in [-0.05, 0) is 46.5 Å². The van der Waals surface area contributed by atoms with Crippen molar-refractivity contribution in [3.63, 3.8) is 0 Å². The van der Waals surface area contributed by atoms with Crippen molar-refractivity contribution in [2.24, 2.45) is 5.73 Å². The van der Waals surface area contributed by atoms with Gasteiger partial charge in [-0.3, -0.25) is 0 Å². The van der Waals surface area contributed by atoms with E-state index in [1.165, 1.54) is 10.9 Å². The third-order valence-electron chi connectivity index (χ3n) is 2.53. The molecule has 2 aromatic rings. The van der Waals surface area contributed by atoms with Gasteiger partial charge in [0.25, 0.3) is 0 Å². The number of thiophene rings is 1. The molecule has 0 bridgehead atoms. The minimum Gasteiger partial charge on any atom is -0.327 e. The molecule has 1 heterocycles. The molecule has 0 radical (unpaired) electrons. The van der Waals surface area contributed by atoms with E-state index in [0.29, 0.717) is 12.0 Å². The summed E-state index contributed by atoms with van der Waals surface area (Å²) < 4.78 is 14.5. The fourth-order valence-corrected chi connectivity index (χ4v) is 3.28. The van der Waals surface area contributed by atoms with Gasteiger partial charge >= 0.3 is 0 Å². The van der Waals surface area contributed by atoms with Crippen molar-refractivity contribution in [2.45, 2.75) is 18.9 Å². The Morgan fingerprint density at radius 2 is 2.06 bits per heavy atom. The predicted molar refractivity (Wildman–Crippen MR) is 73.8 cm³/mol. The van der Waals surface area contributed by atoms with Crippen LogP contribution in [0.3, 0.4) is 0 Å². The maximum atomic E-state index is 13.4. The van der Waals surface area contributed by atoms with Crippen LogP contribution in [-0.4, -0.2) is 6.04 Å². The number of hydrogen-bond acceptors (Lipinski definition) is 2. The molecule has 1 nitrogen and oxygen atoms in total. The summed E-state index contributed by atoms with van der Waals surface area (Å²) in [6, 6.07) is 8.82. The van der Waals surface area contributed by atoms with Crippen LogP contribution in [0.15, 0.2) is 40.2 Å². The Balaban J connectivity index is 1.98. The van der Waals surface area contributed by atoms with Gasteiger partial charge in [0.05, 0.1) is 0 Å². The van der Waals surface area contributed by atoms with Crippen LogP contribution in [0.5, 0.6) is 0 Å². The quantitative estimate of drug-likeness (QED) is 0.913. The molecule has 2 N–H and O–H groups in total. The second kappa shape index (κ2) is 5.76. The van der Waals surface area contributed by atoms with Gasteiger partial charge in [0, 0.05) is 20.8 Å². The maximum Gasteiger partial charge on any atom is 0.126 e. The van der Waals surface area contributed by atoms with Gasteiger partial charge < -0.3 is 5.73 Å². The second-order valence-corrected chi connectivity index (χ2v) is 5.90. The van der Waals surface area contributed by atoms with Crippen LogP contribution in [0.1, 0.15) is 10.4 Å². The topological polar surface area (TPSA) is 26.0 Å².